The first kappa shape index (κ1) is 31.4. The quantitative estimate of drug-likeness (QED) is 0.172. The van der Waals surface area contributed by atoms with Gasteiger partial charge in [-0.1, -0.05) is 152 Å². The number of furan rings is 2. The Hall–Kier alpha value is -7.10. The van der Waals surface area contributed by atoms with Crippen LogP contribution >= 0.6 is 0 Å². The van der Waals surface area contributed by atoms with Crippen molar-refractivity contribution in [3.8, 4) is 33.4 Å². The maximum atomic E-state index is 6.87. The minimum absolute atomic E-state index is 0.0768. The largest absolute Gasteiger partial charge is 0.459 e. The number of hydrogen-bond donors (Lipinski definition) is 0. The van der Waals surface area contributed by atoms with E-state index in [4.69, 9.17) is 8.83 Å². The molecule has 55 heavy (non-hydrogen) atoms. The molecule has 2 unspecified atom stereocenters. The van der Waals surface area contributed by atoms with E-state index in [1.165, 1.54) is 28.0 Å². The van der Waals surface area contributed by atoms with Gasteiger partial charge in [0.05, 0.1) is 0 Å². The van der Waals surface area contributed by atoms with E-state index in [0.29, 0.717) is 0 Å². The first-order chi connectivity index (χ1) is 27.3. The van der Waals surface area contributed by atoms with Crippen molar-refractivity contribution < 1.29 is 8.83 Å². The Labute approximate surface area is 319 Å². The van der Waals surface area contributed by atoms with Gasteiger partial charge in [-0.05, 0) is 76.4 Å². The highest BCUT2D eigenvalue weighted by atomic mass is 16.3. The van der Waals surface area contributed by atoms with Crippen molar-refractivity contribution >= 4 is 50.4 Å². The number of anilines is 2. The van der Waals surface area contributed by atoms with Gasteiger partial charge in [0.2, 0.25) is 0 Å². The standard InChI is InChI=1S/C52H35NO2/c1-3-12-37(13-4-1)41-19-11-20-45-47-33-48(42-16-7-8-18-44(42)52(47)55-51(41)45)53(39-14-5-2-6-15-39)40-29-26-35(27-30-40)34-22-24-36(25-23-34)38-28-31-50-46(32-38)43-17-9-10-21-49(43)54-50/h1-33,42,44H. The second-order valence-electron chi connectivity index (χ2n) is 14.4. The lowest BCUT2D eigenvalue weighted by atomic mass is 9.77. The van der Waals surface area contributed by atoms with E-state index in [1.54, 1.807) is 0 Å². The first-order valence-electron chi connectivity index (χ1n) is 18.9. The fourth-order valence-corrected chi connectivity index (χ4v) is 8.58. The van der Waals surface area contributed by atoms with Crippen LogP contribution in [0.4, 0.5) is 11.4 Å². The van der Waals surface area contributed by atoms with Gasteiger partial charge in [-0.15, -0.1) is 0 Å². The van der Waals surface area contributed by atoms with Crippen LogP contribution in [0.3, 0.4) is 0 Å². The van der Waals surface area contributed by atoms with Crippen LogP contribution in [0.1, 0.15) is 17.2 Å². The molecule has 0 fully saturated rings. The van der Waals surface area contributed by atoms with E-state index in [2.05, 4.69) is 193 Å². The fraction of sp³-hybridized carbons (Fsp3) is 0.0385. The predicted octanol–water partition coefficient (Wildman–Crippen LogP) is 14.4. The number of rotatable bonds is 6. The summed E-state index contributed by atoms with van der Waals surface area (Å²) in [7, 11) is 0. The summed E-state index contributed by atoms with van der Waals surface area (Å²) < 4.78 is 12.9. The second-order valence-corrected chi connectivity index (χ2v) is 14.4. The molecule has 7 aromatic carbocycles. The van der Waals surface area contributed by atoms with Gasteiger partial charge in [-0.25, -0.2) is 0 Å². The molecule has 0 bridgehead atoms. The molecule has 260 valence electrons. The van der Waals surface area contributed by atoms with Crippen LogP contribution in [0, 0.1) is 5.92 Å². The molecule has 0 saturated carbocycles. The van der Waals surface area contributed by atoms with Crippen LogP contribution in [-0.4, -0.2) is 0 Å². The SMILES string of the molecule is C1=CC2C(N(c3ccccc3)c3ccc(-c4ccc(-c5ccc6oc7ccccc7c6c5)cc4)cc3)=Cc3c(oc4c(-c5ccccc5)cccc34)C2C=C1. The first-order valence-corrected chi connectivity index (χ1v) is 18.9. The highest BCUT2D eigenvalue weighted by molar-refractivity contribution is 6.06. The smallest absolute Gasteiger partial charge is 0.142 e. The van der Waals surface area contributed by atoms with Gasteiger partial charge >= 0.3 is 0 Å². The van der Waals surface area contributed by atoms with Crippen molar-refractivity contribution in [1.82, 2.24) is 0 Å². The molecule has 9 aromatic rings. The summed E-state index contributed by atoms with van der Waals surface area (Å²) >= 11 is 0. The van der Waals surface area contributed by atoms with Gasteiger partial charge in [-0.2, -0.15) is 0 Å². The molecule has 0 amide bonds. The number of fused-ring (bicyclic) bond motifs is 8. The van der Waals surface area contributed by atoms with Crippen LogP contribution in [-0.2, 0) is 0 Å². The third-order valence-electron chi connectivity index (χ3n) is 11.3. The minimum Gasteiger partial charge on any atom is -0.459 e. The minimum atomic E-state index is 0.0768. The second kappa shape index (κ2) is 12.8. The van der Waals surface area contributed by atoms with Crippen molar-refractivity contribution in [3.05, 3.63) is 211 Å². The Kier molecular flexibility index (Phi) is 7.31. The van der Waals surface area contributed by atoms with Crippen molar-refractivity contribution in [2.45, 2.75) is 5.92 Å². The van der Waals surface area contributed by atoms with Crippen LogP contribution in [0.15, 0.2) is 209 Å². The number of hydrogen-bond acceptors (Lipinski definition) is 3. The summed E-state index contributed by atoms with van der Waals surface area (Å²) in [4.78, 5) is 2.42. The molecule has 2 aliphatic rings. The van der Waals surface area contributed by atoms with Gasteiger partial charge in [0.25, 0.3) is 0 Å². The molecule has 0 N–H and O–H groups in total. The van der Waals surface area contributed by atoms with Crippen molar-refractivity contribution in [3.63, 3.8) is 0 Å². The van der Waals surface area contributed by atoms with Crippen LogP contribution in [0.25, 0.3) is 72.4 Å². The summed E-state index contributed by atoms with van der Waals surface area (Å²) in [5.74, 6) is 1.20. The zero-order chi connectivity index (χ0) is 36.3. The van der Waals surface area contributed by atoms with Gasteiger partial charge in [0.1, 0.15) is 22.5 Å². The summed E-state index contributed by atoms with van der Waals surface area (Å²) in [5.41, 5.74) is 14.4. The van der Waals surface area contributed by atoms with Crippen molar-refractivity contribution in [2.75, 3.05) is 4.90 Å². The lowest BCUT2D eigenvalue weighted by Gasteiger charge is -2.37. The maximum Gasteiger partial charge on any atom is 0.142 e. The predicted molar refractivity (Wildman–Crippen MR) is 227 cm³/mol. The molecule has 0 aliphatic heterocycles. The van der Waals surface area contributed by atoms with E-state index in [1.807, 2.05) is 12.1 Å². The van der Waals surface area contributed by atoms with Crippen LogP contribution in [0.5, 0.6) is 0 Å². The molecular formula is C52H35NO2. The van der Waals surface area contributed by atoms with E-state index in [9.17, 15) is 0 Å². The Morgan fingerprint density at radius 3 is 1.80 bits per heavy atom. The number of para-hydroxylation sites is 3. The van der Waals surface area contributed by atoms with Gasteiger partial charge in [-0.3, -0.25) is 0 Å². The molecule has 0 radical (unpaired) electrons. The molecule has 2 aromatic heterocycles. The summed E-state index contributed by atoms with van der Waals surface area (Å²) in [6.45, 7) is 0. The molecule has 0 spiro atoms. The molecule has 0 saturated heterocycles. The summed E-state index contributed by atoms with van der Waals surface area (Å²) in [6, 6.07) is 60.3. The monoisotopic (exact) mass is 705 g/mol. The zero-order valence-electron chi connectivity index (χ0n) is 30.0. The van der Waals surface area contributed by atoms with Gasteiger partial charge in [0, 0.05) is 56.2 Å². The van der Waals surface area contributed by atoms with E-state index in [-0.39, 0.29) is 11.8 Å². The van der Waals surface area contributed by atoms with E-state index >= 15 is 0 Å². The Morgan fingerprint density at radius 1 is 0.418 bits per heavy atom. The molecular weight excluding hydrogens is 671 g/mol. The lowest BCUT2D eigenvalue weighted by molar-refractivity contribution is 0.481. The lowest BCUT2D eigenvalue weighted by Crippen LogP contribution is -2.28. The Balaban J connectivity index is 0.971. The molecule has 2 atom stereocenters. The normalized spacial score (nSPS) is 16.0. The number of benzene rings is 7. The maximum absolute atomic E-state index is 6.87. The van der Waals surface area contributed by atoms with Crippen LogP contribution < -0.4 is 4.90 Å². The van der Waals surface area contributed by atoms with Crippen LogP contribution in [0.2, 0.25) is 0 Å². The molecule has 2 aliphatic carbocycles. The third-order valence-corrected chi connectivity index (χ3v) is 11.3. The summed E-state index contributed by atoms with van der Waals surface area (Å²) in [5, 5.41) is 3.43. The highest BCUT2D eigenvalue weighted by Crippen LogP contribution is 2.50. The molecule has 3 heteroatoms. The van der Waals surface area contributed by atoms with Crippen molar-refractivity contribution in [2.24, 2.45) is 5.92 Å². The Bertz CT molecular complexity index is 2960. The van der Waals surface area contributed by atoms with E-state index in [0.717, 1.165) is 66.7 Å². The third kappa shape index (κ3) is 5.27. The van der Waals surface area contributed by atoms with Crippen molar-refractivity contribution in [1.29, 1.82) is 0 Å². The number of allylic oxidation sites excluding steroid dienone is 4. The highest BCUT2D eigenvalue weighted by Gasteiger charge is 2.37. The van der Waals surface area contributed by atoms with Gasteiger partial charge in [0.15, 0.2) is 0 Å². The average molecular weight is 706 g/mol. The van der Waals surface area contributed by atoms with E-state index < -0.39 is 0 Å². The topological polar surface area (TPSA) is 29.5 Å². The Morgan fingerprint density at radius 2 is 1.02 bits per heavy atom. The molecule has 3 nitrogen and oxygen atoms in total. The number of nitrogens with zero attached hydrogens (tertiary/aromatic N) is 1. The van der Waals surface area contributed by atoms with Gasteiger partial charge < -0.3 is 13.7 Å². The summed E-state index contributed by atoms with van der Waals surface area (Å²) in [6.07, 6.45) is 11.3. The zero-order valence-corrected chi connectivity index (χ0v) is 30.0. The average Bonchev–Trinajstić information content (AvgIpc) is 3.83. The fourth-order valence-electron chi connectivity index (χ4n) is 8.58. The molecule has 11 rings (SSSR count). The molecule has 2 heterocycles.